The lowest BCUT2D eigenvalue weighted by molar-refractivity contribution is 0.488. The first-order valence-electron chi connectivity index (χ1n) is 12.7. The van der Waals surface area contributed by atoms with Crippen LogP contribution < -0.4 is 0 Å². The van der Waals surface area contributed by atoms with E-state index in [4.69, 9.17) is 0 Å². The Bertz CT molecular complexity index is 380. The van der Waals surface area contributed by atoms with Crippen LogP contribution in [0.3, 0.4) is 0 Å². The normalized spacial score (nSPS) is 15.7. The van der Waals surface area contributed by atoms with Crippen LogP contribution >= 0.6 is 0 Å². The number of rotatable bonds is 23. The maximum absolute atomic E-state index is 11.5. The summed E-state index contributed by atoms with van der Waals surface area (Å²) in [6.07, 6.45) is 22.1. The highest BCUT2D eigenvalue weighted by Gasteiger charge is 2.15. The van der Waals surface area contributed by atoms with Gasteiger partial charge >= 0.3 is 0 Å². The predicted molar refractivity (Wildman–Crippen MR) is 133 cm³/mol. The van der Waals surface area contributed by atoms with E-state index in [0.29, 0.717) is 0 Å². The average Bonchev–Trinajstić information content (AvgIpc) is 2.71. The van der Waals surface area contributed by atoms with Crippen molar-refractivity contribution in [1.29, 1.82) is 0 Å². The van der Waals surface area contributed by atoms with Gasteiger partial charge in [0.05, 0.1) is 10.5 Å². The molecule has 0 aliphatic rings. The lowest BCUT2D eigenvalue weighted by Gasteiger charge is -2.13. The van der Waals surface area contributed by atoms with Gasteiger partial charge in [-0.1, -0.05) is 117 Å². The van der Waals surface area contributed by atoms with Crippen LogP contribution in [0.15, 0.2) is 0 Å². The molecule has 4 unspecified atom stereocenters. The summed E-state index contributed by atoms with van der Waals surface area (Å²) in [5, 5.41) is -0.103. The Kier molecular flexibility index (Phi) is 22.6. The molecule has 182 valence electrons. The largest absolute Gasteiger partial charge is 0.306 e. The van der Waals surface area contributed by atoms with Crippen LogP contribution in [0.4, 0.5) is 0 Å². The molecule has 2 N–H and O–H groups in total. The van der Waals surface area contributed by atoms with E-state index in [1.165, 1.54) is 51.4 Å². The summed E-state index contributed by atoms with van der Waals surface area (Å²) < 4.78 is 42.1. The molecule has 0 saturated carbocycles. The van der Waals surface area contributed by atoms with Crippen molar-refractivity contribution >= 4 is 22.2 Å². The van der Waals surface area contributed by atoms with Gasteiger partial charge in [-0.3, -0.25) is 0 Å². The van der Waals surface area contributed by atoms with E-state index < -0.39 is 22.2 Å². The molecule has 0 amide bonds. The first-order valence-corrected chi connectivity index (χ1v) is 15.1. The number of hydrogen-bond acceptors (Lipinski definition) is 2. The summed E-state index contributed by atoms with van der Waals surface area (Å²) in [6, 6.07) is 0. The molecule has 4 nitrogen and oxygen atoms in total. The molecule has 6 heteroatoms. The van der Waals surface area contributed by atoms with E-state index in [2.05, 4.69) is 13.8 Å². The van der Waals surface area contributed by atoms with E-state index in [1.54, 1.807) is 0 Å². The van der Waals surface area contributed by atoms with Gasteiger partial charge < -0.3 is 9.11 Å². The van der Waals surface area contributed by atoms with Gasteiger partial charge in [-0.2, -0.15) is 0 Å². The van der Waals surface area contributed by atoms with Crippen LogP contribution in [-0.2, 0) is 22.2 Å². The van der Waals surface area contributed by atoms with Crippen molar-refractivity contribution in [2.75, 3.05) is 0 Å². The van der Waals surface area contributed by atoms with Crippen LogP contribution in [-0.4, -0.2) is 28.0 Å². The maximum Gasteiger partial charge on any atom is 0.155 e. The van der Waals surface area contributed by atoms with Crippen molar-refractivity contribution in [2.45, 2.75) is 153 Å². The molecule has 0 heterocycles. The molecule has 0 fully saturated rings. The smallest absolute Gasteiger partial charge is 0.155 e. The fourth-order valence-corrected chi connectivity index (χ4v) is 5.57. The summed E-state index contributed by atoms with van der Waals surface area (Å²) >= 11 is -3.38. The lowest BCUT2D eigenvalue weighted by Crippen LogP contribution is -2.14. The van der Waals surface area contributed by atoms with Gasteiger partial charge in [-0.05, 0) is 25.7 Å². The Hall–Kier alpha value is 0.220. The second-order valence-corrected chi connectivity index (χ2v) is 11.3. The Morgan fingerprint density at radius 1 is 0.467 bits per heavy atom. The Morgan fingerprint density at radius 2 is 0.700 bits per heavy atom. The first-order chi connectivity index (χ1) is 14.5. The van der Waals surface area contributed by atoms with E-state index in [-0.39, 0.29) is 10.5 Å². The fraction of sp³-hybridized carbons (Fsp3) is 1.00. The zero-order valence-electron chi connectivity index (χ0n) is 19.8. The van der Waals surface area contributed by atoms with Gasteiger partial charge in [0, 0.05) is 0 Å². The number of hydrogen-bond donors (Lipinski definition) is 2. The Balaban J connectivity index is 3.72. The van der Waals surface area contributed by atoms with Crippen molar-refractivity contribution in [3.05, 3.63) is 0 Å². The molecule has 0 rings (SSSR count). The summed E-state index contributed by atoms with van der Waals surface area (Å²) in [7, 11) is 0. The molecule has 0 aromatic rings. The highest BCUT2D eigenvalue weighted by atomic mass is 32.2. The zero-order valence-corrected chi connectivity index (χ0v) is 21.5. The van der Waals surface area contributed by atoms with Crippen molar-refractivity contribution in [3.63, 3.8) is 0 Å². The third kappa shape index (κ3) is 18.9. The van der Waals surface area contributed by atoms with Crippen LogP contribution in [0.25, 0.3) is 0 Å². The quantitative estimate of drug-likeness (QED) is 0.118. The van der Waals surface area contributed by atoms with E-state index in [0.717, 1.165) is 77.0 Å². The fourth-order valence-electron chi connectivity index (χ4n) is 4.09. The summed E-state index contributed by atoms with van der Waals surface area (Å²) in [6.45, 7) is 4.40. The van der Waals surface area contributed by atoms with Crippen molar-refractivity contribution in [3.8, 4) is 0 Å². The standard InChI is InChI=1S/C24H50O4S2/c1-3-5-7-11-15-19-23(29(25)26)21-17-13-9-10-14-18-22-24(30(27)28)20-16-12-8-6-4-2/h23-24H,3-22H2,1-2H3,(H,25,26)(H,27,28). The van der Waals surface area contributed by atoms with Crippen molar-refractivity contribution < 1.29 is 17.5 Å². The minimum absolute atomic E-state index is 0.0516. The van der Waals surface area contributed by atoms with Gasteiger partial charge in [0.2, 0.25) is 0 Å². The van der Waals surface area contributed by atoms with E-state index in [9.17, 15) is 17.5 Å². The molecule has 0 aliphatic heterocycles. The van der Waals surface area contributed by atoms with Gasteiger partial charge in [0.25, 0.3) is 0 Å². The van der Waals surface area contributed by atoms with Crippen LogP contribution in [0.5, 0.6) is 0 Å². The summed E-state index contributed by atoms with van der Waals surface area (Å²) in [5.74, 6) is 0. The zero-order chi connectivity index (χ0) is 22.5. The van der Waals surface area contributed by atoms with Crippen molar-refractivity contribution in [2.24, 2.45) is 0 Å². The maximum atomic E-state index is 11.5. The second-order valence-electron chi connectivity index (χ2n) is 8.90. The summed E-state index contributed by atoms with van der Waals surface area (Å²) in [4.78, 5) is 0. The predicted octanol–water partition coefficient (Wildman–Crippen LogP) is 8.01. The molecule has 4 atom stereocenters. The molecule has 0 aromatic heterocycles. The third-order valence-corrected chi connectivity index (χ3v) is 8.22. The molecule has 0 saturated heterocycles. The lowest BCUT2D eigenvalue weighted by atomic mass is 10.0. The summed E-state index contributed by atoms with van der Waals surface area (Å²) in [5.41, 5.74) is 0. The molecule has 0 bridgehead atoms. The molecule has 0 aromatic carbocycles. The molecule has 0 radical (unpaired) electrons. The van der Waals surface area contributed by atoms with Crippen LogP contribution in [0.2, 0.25) is 0 Å². The molecule has 0 spiro atoms. The molecule has 30 heavy (non-hydrogen) atoms. The molecular formula is C24H50O4S2. The monoisotopic (exact) mass is 466 g/mol. The van der Waals surface area contributed by atoms with Crippen LogP contribution in [0, 0.1) is 0 Å². The Morgan fingerprint density at radius 3 is 0.933 bits per heavy atom. The third-order valence-electron chi connectivity index (χ3n) is 6.13. The van der Waals surface area contributed by atoms with Gasteiger partial charge in [0.1, 0.15) is 0 Å². The molecular weight excluding hydrogens is 416 g/mol. The number of unbranched alkanes of at least 4 members (excludes halogenated alkanes) is 13. The van der Waals surface area contributed by atoms with Gasteiger partial charge in [-0.25, -0.2) is 8.42 Å². The topological polar surface area (TPSA) is 74.6 Å². The van der Waals surface area contributed by atoms with Crippen LogP contribution in [0.1, 0.15) is 142 Å². The van der Waals surface area contributed by atoms with E-state index in [1.807, 2.05) is 0 Å². The minimum atomic E-state index is -1.69. The highest BCUT2D eigenvalue weighted by Crippen LogP contribution is 2.19. The van der Waals surface area contributed by atoms with E-state index >= 15 is 0 Å². The van der Waals surface area contributed by atoms with Crippen molar-refractivity contribution in [1.82, 2.24) is 0 Å². The van der Waals surface area contributed by atoms with Gasteiger partial charge in [0.15, 0.2) is 22.2 Å². The highest BCUT2D eigenvalue weighted by molar-refractivity contribution is 7.80. The second kappa shape index (κ2) is 22.4. The SMILES string of the molecule is CCCCCCCC(CCCCCCCCC(CCCCCCC)S(=O)O)S(=O)O. The van der Waals surface area contributed by atoms with Gasteiger partial charge in [-0.15, -0.1) is 0 Å². The Labute approximate surface area is 192 Å². The minimum Gasteiger partial charge on any atom is -0.306 e. The average molecular weight is 467 g/mol. The molecule has 0 aliphatic carbocycles. The first kappa shape index (κ1) is 30.2.